The van der Waals surface area contributed by atoms with Gasteiger partial charge in [-0.15, -0.1) is 11.3 Å². The predicted octanol–water partition coefficient (Wildman–Crippen LogP) is 3.38. The molecule has 3 rings (SSSR count). The van der Waals surface area contributed by atoms with Gasteiger partial charge in [0, 0.05) is 4.88 Å². The van der Waals surface area contributed by atoms with Crippen molar-refractivity contribution in [2.45, 2.75) is 33.4 Å². The molecule has 0 saturated heterocycles. The Morgan fingerprint density at radius 1 is 1.29 bits per heavy atom. The molecule has 2 aromatic heterocycles. The number of aromatic nitrogens is 2. The molecule has 0 unspecified atom stereocenters. The summed E-state index contributed by atoms with van der Waals surface area (Å²) in [5.74, 6) is -0.452. The van der Waals surface area contributed by atoms with Gasteiger partial charge in [0.15, 0.2) is 0 Å². The zero-order valence-corrected chi connectivity index (χ0v) is 14.6. The van der Waals surface area contributed by atoms with Crippen molar-refractivity contribution < 1.29 is 9.53 Å². The van der Waals surface area contributed by atoms with Crippen molar-refractivity contribution in [3.63, 3.8) is 0 Å². The van der Waals surface area contributed by atoms with E-state index in [1.165, 1.54) is 22.2 Å². The van der Waals surface area contributed by atoms with E-state index < -0.39 is 12.0 Å². The second kappa shape index (κ2) is 6.57. The highest BCUT2D eigenvalue weighted by Crippen LogP contribution is 2.26. The van der Waals surface area contributed by atoms with Gasteiger partial charge in [-0.3, -0.25) is 9.36 Å². The highest BCUT2D eigenvalue weighted by atomic mass is 32.1. The Morgan fingerprint density at radius 2 is 2.00 bits per heavy atom. The fourth-order valence-corrected chi connectivity index (χ4v) is 3.47. The van der Waals surface area contributed by atoms with Crippen molar-refractivity contribution in [3.05, 3.63) is 63.0 Å². The third kappa shape index (κ3) is 2.97. The average molecular weight is 342 g/mol. The molecule has 0 aliphatic carbocycles. The molecule has 2 heterocycles. The largest absolute Gasteiger partial charge is 0.459 e. The van der Waals surface area contributed by atoms with E-state index in [2.05, 4.69) is 4.98 Å². The van der Waals surface area contributed by atoms with Crippen LogP contribution in [-0.2, 0) is 16.1 Å². The third-order valence-corrected chi connectivity index (χ3v) is 5.21. The lowest BCUT2D eigenvalue weighted by Gasteiger charge is -2.14. The number of aryl methyl sites for hydroxylation is 2. The van der Waals surface area contributed by atoms with Gasteiger partial charge in [-0.05, 0) is 31.9 Å². The summed E-state index contributed by atoms with van der Waals surface area (Å²) >= 11 is 1.49. The first-order valence-corrected chi connectivity index (χ1v) is 8.48. The van der Waals surface area contributed by atoms with Crippen LogP contribution in [0.4, 0.5) is 0 Å². The Morgan fingerprint density at radius 3 is 2.71 bits per heavy atom. The molecule has 0 amide bonds. The molecule has 6 heteroatoms. The molecule has 1 atom stereocenters. The van der Waals surface area contributed by atoms with Crippen LogP contribution in [0.5, 0.6) is 0 Å². The standard InChI is InChI=1S/C18H18N2O3S/c1-11-13(3)24-16-15(11)17(21)20(10-19-16)12(2)18(22)23-9-14-7-5-4-6-8-14/h4-8,10,12H,9H2,1-3H3/t12-/m0/s1. The fourth-order valence-electron chi connectivity index (χ4n) is 2.49. The van der Waals surface area contributed by atoms with Crippen LogP contribution < -0.4 is 5.56 Å². The molecule has 124 valence electrons. The second-order valence-corrected chi connectivity index (χ2v) is 6.89. The SMILES string of the molecule is Cc1sc2ncn([C@@H](C)C(=O)OCc3ccccc3)c(=O)c2c1C. The highest BCUT2D eigenvalue weighted by molar-refractivity contribution is 7.18. The number of thiophene rings is 1. The Hall–Kier alpha value is -2.47. The van der Waals surface area contributed by atoms with Gasteiger partial charge in [0.1, 0.15) is 17.5 Å². The van der Waals surface area contributed by atoms with Crippen LogP contribution in [0.15, 0.2) is 41.5 Å². The van der Waals surface area contributed by atoms with E-state index >= 15 is 0 Å². The Kier molecular flexibility index (Phi) is 4.49. The number of hydrogen-bond acceptors (Lipinski definition) is 5. The number of nitrogens with zero attached hydrogens (tertiary/aromatic N) is 2. The monoisotopic (exact) mass is 342 g/mol. The van der Waals surface area contributed by atoms with E-state index in [0.717, 1.165) is 16.0 Å². The van der Waals surface area contributed by atoms with Gasteiger partial charge >= 0.3 is 5.97 Å². The molecule has 0 aliphatic rings. The number of carbonyl (C=O) groups is 1. The van der Waals surface area contributed by atoms with Gasteiger partial charge < -0.3 is 4.74 Å². The molecular weight excluding hydrogens is 324 g/mol. The van der Waals surface area contributed by atoms with Gasteiger partial charge in [0.05, 0.1) is 11.7 Å². The summed E-state index contributed by atoms with van der Waals surface area (Å²) in [6.07, 6.45) is 1.43. The van der Waals surface area contributed by atoms with Crippen LogP contribution in [0, 0.1) is 13.8 Å². The molecule has 0 N–H and O–H groups in total. The van der Waals surface area contributed by atoms with Crippen molar-refractivity contribution in [3.8, 4) is 0 Å². The van der Waals surface area contributed by atoms with E-state index in [-0.39, 0.29) is 12.2 Å². The van der Waals surface area contributed by atoms with E-state index in [0.29, 0.717) is 10.2 Å². The predicted molar refractivity (Wildman–Crippen MR) is 94.3 cm³/mol. The maximum Gasteiger partial charge on any atom is 0.329 e. The van der Waals surface area contributed by atoms with Crippen LogP contribution in [0.2, 0.25) is 0 Å². The summed E-state index contributed by atoms with van der Waals surface area (Å²) in [7, 11) is 0. The van der Waals surface area contributed by atoms with Gasteiger partial charge in [-0.1, -0.05) is 30.3 Å². The molecule has 5 nitrogen and oxygen atoms in total. The number of rotatable bonds is 4. The summed E-state index contributed by atoms with van der Waals surface area (Å²) in [5, 5.41) is 0.586. The average Bonchev–Trinajstić information content (AvgIpc) is 2.88. The molecular formula is C18H18N2O3S. The molecule has 1 aromatic carbocycles. The molecule has 0 aliphatic heterocycles. The lowest BCUT2D eigenvalue weighted by molar-refractivity contribution is -0.148. The minimum atomic E-state index is -0.724. The summed E-state index contributed by atoms with van der Waals surface area (Å²) in [5.41, 5.74) is 1.63. The molecule has 0 radical (unpaired) electrons. The van der Waals surface area contributed by atoms with Crippen molar-refractivity contribution in [2.75, 3.05) is 0 Å². The Labute approximate surface area is 143 Å². The Balaban J connectivity index is 1.84. The minimum absolute atomic E-state index is 0.186. The van der Waals surface area contributed by atoms with Gasteiger partial charge in [-0.25, -0.2) is 9.78 Å². The zero-order chi connectivity index (χ0) is 17.3. The number of esters is 1. The van der Waals surface area contributed by atoms with E-state index in [1.54, 1.807) is 6.92 Å². The topological polar surface area (TPSA) is 61.2 Å². The van der Waals surface area contributed by atoms with Crippen LogP contribution in [0.1, 0.15) is 29.0 Å². The maximum absolute atomic E-state index is 12.7. The van der Waals surface area contributed by atoms with Crippen molar-refractivity contribution >= 4 is 27.5 Å². The lowest BCUT2D eigenvalue weighted by atomic mass is 10.2. The summed E-state index contributed by atoms with van der Waals surface area (Å²) < 4.78 is 6.67. The smallest absolute Gasteiger partial charge is 0.329 e. The van der Waals surface area contributed by atoms with Gasteiger partial charge in [0.2, 0.25) is 0 Å². The Bertz CT molecular complexity index is 944. The van der Waals surface area contributed by atoms with E-state index in [4.69, 9.17) is 4.74 Å². The molecule has 0 fully saturated rings. The second-order valence-electron chi connectivity index (χ2n) is 5.69. The molecule has 3 aromatic rings. The van der Waals surface area contributed by atoms with Crippen molar-refractivity contribution in [1.29, 1.82) is 0 Å². The van der Waals surface area contributed by atoms with Crippen LogP contribution in [0.25, 0.3) is 10.2 Å². The van der Waals surface area contributed by atoms with Gasteiger partial charge in [0.25, 0.3) is 5.56 Å². The van der Waals surface area contributed by atoms with E-state index in [1.807, 2.05) is 44.2 Å². The highest BCUT2D eigenvalue weighted by Gasteiger charge is 2.21. The van der Waals surface area contributed by atoms with Crippen molar-refractivity contribution in [2.24, 2.45) is 0 Å². The first-order valence-electron chi connectivity index (χ1n) is 7.66. The number of benzene rings is 1. The van der Waals surface area contributed by atoms with Crippen LogP contribution in [0.3, 0.4) is 0 Å². The van der Waals surface area contributed by atoms with Gasteiger partial charge in [-0.2, -0.15) is 0 Å². The van der Waals surface area contributed by atoms with Crippen molar-refractivity contribution in [1.82, 2.24) is 9.55 Å². The number of hydrogen-bond donors (Lipinski definition) is 0. The maximum atomic E-state index is 12.7. The summed E-state index contributed by atoms with van der Waals surface area (Å²) in [6.45, 7) is 5.70. The first-order chi connectivity index (χ1) is 11.5. The van der Waals surface area contributed by atoms with Crippen LogP contribution in [-0.4, -0.2) is 15.5 Å². The zero-order valence-electron chi connectivity index (χ0n) is 13.8. The molecule has 0 spiro atoms. The normalized spacial score (nSPS) is 12.3. The third-order valence-electron chi connectivity index (χ3n) is 4.10. The number of carbonyl (C=O) groups excluding carboxylic acids is 1. The number of ether oxygens (including phenoxy) is 1. The molecule has 0 bridgehead atoms. The minimum Gasteiger partial charge on any atom is -0.459 e. The fraction of sp³-hybridized carbons (Fsp3) is 0.278. The summed E-state index contributed by atoms with van der Waals surface area (Å²) in [6, 6.07) is 8.72. The molecule has 24 heavy (non-hydrogen) atoms. The quantitative estimate of drug-likeness (QED) is 0.682. The summed E-state index contributed by atoms with van der Waals surface area (Å²) in [4.78, 5) is 31.1. The molecule has 0 saturated carbocycles. The first kappa shape index (κ1) is 16.4. The lowest BCUT2D eigenvalue weighted by Crippen LogP contribution is -2.29. The van der Waals surface area contributed by atoms with E-state index in [9.17, 15) is 9.59 Å². The van der Waals surface area contributed by atoms with Crippen LogP contribution >= 0.6 is 11.3 Å². The number of fused-ring (bicyclic) bond motifs is 1.